The van der Waals surface area contributed by atoms with Crippen molar-refractivity contribution in [3.8, 4) is 5.75 Å². The second kappa shape index (κ2) is 3.68. The lowest BCUT2D eigenvalue weighted by atomic mass is 9.82. The van der Waals surface area contributed by atoms with Crippen LogP contribution < -0.4 is 0 Å². The summed E-state index contributed by atoms with van der Waals surface area (Å²) < 4.78 is 38.7. The summed E-state index contributed by atoms with van der Waals surface area (Å²) in [6, 6.07) is 2.33. The molecule has 1 rings (SSSR count). The third kappa shape index (κ3) is 2.49. The van der Waals surface area contributed by atoms with Gasteiger partial charge >= 0.3 is 6.18 Å². The largest absolute Gasteiger partial charge is 0.508 e. The average molecular weight is 232 g/mol. The van der Waals surface area contributed by atoms with Crippen LogP contribution in [0.3, 0.4) is 0 Å². The van der Waals surface area contributed by atoms with Crippen LogP contribution in [0.15, 0.2) is 12.1 Å². The molecule has 0 aliphatic rings. The molecule has 0 heterocycles. The predicted molar refractivity (Wildman–Crippen MR) is 56.5 cm³/mol. The van der Waals surface area contributed by atoms with Crippen LogP contribution >= 0.6 is 0 Å². The van der Waals surface area contributed by atoms with E-state index in [1.807, 2.05) is 0 Å². The number of alkyl halides is 3. The van der Waals surface area contributed by atoms with Crippen molar-refractivity contribution in [3.63, 3.8) is 0 Å². The number of phenolic OH excluding ortho intramolecular Hbond substituents is 1. The van der Waals surface area contributed by atoms with Crippen molar-refractivity contribution in [2.75, 3.05) is 0 Å². The van der Waals surface area contributed by atoms with Crippen molar-refractivity contribution in [1.82, 2.24) is 0 Å². The molecule has 0 aromatic heterocycles. The fourth-order valence-corrected chi connectivity index (χ4v) is 1.74. The molecule has 1 aromatic carbocycles. The highest BCUT2D eigenvalue weighted by molar-refractivity contribution is 5.45. The Bertz CT molecular complexity index is 400. The first-order chi connectivity index (χ1) is 7.03. The summed E-state index contributed by atoms with van der Waals surface area (Å²) >= 11 is 0. The highest BCUT2D eigenvalue weighted by Gasteiger charge is 2.38. The Morgan fingerprint density at radius 3 is 1.94 bits per heavy atom. The molecule has 0 saturated heterocycles. The third-order valence-corrected chi connectivity index (χ3v) is 2.41. The Morgan fingerprint density at radius 2 is 1.56 bits per heavy atom. The van der Waals surface area contributed by atoms with E-state index in [4.69, 9.17) is 0 Å². The van der Waals surface area contributed by atoms with Gasteiger partial charge in [-0.15, -0.1) is 0 Å². The predicted octanol–water partition coefficient (Wildman–Crippen LogP) is 4.02. The van der Waals surface area contributed by atoms with Crippen LogP contribution in [-0.4, -0.2) is 5.11 Å². The molecule has 0 aliphatic carbocycles. The second-order valence-electron chi connectivity index (χ2n) is 4.93. The van der Waals surface area contributed by atoms with E-state index in [-0.39, 0.29) is 16.9 Å². The van der Waals surface area contributed by atoms with E-state index in [9.17, 15) is 18.3 Å². The molecule has 0 atom stereocenters. The third-order valence-electron chi connectivity index (χ3n) is 2.41. The lowest BCUT2D eigenvalue weighted by molar-refractivity contribution is -0.139. The number of aryl methyl sites for hydroxylation is 1. The minimum absolute atomic E-state index is 0.0532. The number of benzene rings is 1. The van der Waals surface area contributed by atoms with E-state index < -0.39 is 17.2 Å². The van der Waals surface area contributed by atoms with E-state index >= 15 is 0 Å². The van der Waals surface area contributed by atoms with Crippen LogP contribution in [0.25, 0.3) is 0 Å². The summed E-state index contributed by atoms with van der Waals surface area (Å²) in [5.41, 5.74) is -1.12. The quantitative estimate of drug-likeness (QED) is 0.716. The van der Waals surface area contributed by atoms with Gasteiger partial charge in [0.25, 0.3) is 0 Å². The summed E-state index contributed by atoms with van der Waals surface area (Å²) in [4.78, 5) is 0. The summed E-state index contributed by atoms with van der Waals surface area (Å²) in [5.74, 6) is -0.129. The molecule has 0 radical (unpaired) electrons. The lowest BCUT2D eigenvalue weighted by Gasteiger charge is -2.25. The average Bonchev–Trinajstić information content (AvgIpc) is 1.97. The Kier molecular flexibility index (Phi) is 2.96. The van der Waals surface area contributed by atoms with Crippen molar-refractivity contribution >= 4 is 0 Å². The number of halogens is 3. The van der Waals surface area contributed by atoms with E-state index in [1.165, 1.54) is 13.0 Å². The standard InChI is InChI=1S/C12H15F3O/c1-7-5-8(16)6-9(11(2,3)4)10(7)12(13,14)15/h5-6,16H,1-4H3. The van der Waals surface area contributed by atoms with E-state index in [0.29, 0.717) is 0 Å². The maximum Gasteiger partial charge on any atom is 0.416 e. The zero-order valence-electron chi connectivity index (χ0n) is 9.74. The van der Waals surface area contributed by atoms with Gasteiger partial charge in [0.15, 0.2) is 0 Å². The van der Waals surface area contributed by atoms with Gasteiger partial charge in [-0.3, -0.25) is 0 Å². The van der Waals surface area contributed by atoms with Crippen LogP contribution in [-0.2, 0) is 11.6 Å². The minimum atomic E-state index is -4.39. The maximum absolute atomic E-state index is 12.9. The molecule has 0 spiro atoms. The molecule has 0 saturated carbocycles. The van der Waals surface area contributed by atoms with E-state index in [0.717, 1.165) is 6.07 Å². The first kappa shape index (κ1) is 12.9. The number of hydrogen-bond donors (Lipinski definition) is 1. The normalized spacial score (nSPS) is 12.9. The molecule has 0 fully saturated rings. The van der Waals surface area contributed by atoms with Crippen LogP contribution in [0.4, 0.5) is 13.2 Å². The summed E-state index contributed by atoms with van der Waals surface area (Å²) in [6.07, 6.45) is -4.39. The highest BCUT2D eigenvalue weighted by atomic mass is 19.4. The monoisotopic (exact) mass is 232 g/mol. The molecule has 0 aliphatic heterocycles. The van der Waals surface area contributed by atoms with Gasteiger partial charge in [-0.2, -0.15) is 13.2 Å². The summed E-state index contributed by atoms with van der Waals surface area (Å²) in [7, 11) is 0. The molecule has 1 N–H and O–H groups in total. The number of rotatable bonds is 0. The highest BCUT2D eigenvalue weighted by Crippen LogP contribution is 2.41. The molecule has 0 unspecified atom stereocenters. The minimum Gasteiger partial charge on any atom is -0.508 e. The zero-order chi connectivity index (χ0) is 12.7. The topological polar surface area (TPSA) is 20.2 Å². The lowest BCUT2D eigenvalue weighted by Crippen LogP contribution is -2.20. The maximum atomic E-state index is 12.9. The number of hydrogen-bond acceptors (Lipinski definition) is 1. The van der Waals surface area contributed by atoms with E-state index in [2.05, 4.69) is 0 Å². The summed E-state index contributed by atoms with van der Waals surface area (Å²) in [6.45, 7) is 6.43. The first-order valence-corrected chi connectivity index (χ1v) is 4.95. The fourth-order valence-electron chi connectivity index (χ4n) is 1.74. The van der Waals surface area contributed by atoms with Gasteiger partial charge in [-0.1, -0.05) is 20.8 Å². The second-order valence-corrected chi connectivity index (χ2v) is 4.93. The van der Waals surface area contributed by atoms with Crippen molar-refractivity contribution in [1.29, 1.82) is 0 Å². The fraction of sp³-hybridized carbons (Fsp3) is 0.500. The molecule has 1 nitrogen and oxygen atoms in total. The Balaban J connectivity index is 3.58. The van der Waals surface area contributed by atoms with Gasteiger partial charge in [-0.25, -0.2) is 0 Å². The van der Waals surface area contributed by atoms with Crippen molar-refractivity contribution in [2.45, 2.75) is 39.3 Å². The van der Waals surface area contributed by atoms with Gasteiger partial charge in [0.05, 0.1) is 5.56 Å². The molecule has 1 aromatic rings. The molecular weight excluding hydrogens is 217 g/mol. The van der Waals surface area contributed by atoms with Crippen molar-refractivity contribution in [3.05, 3.63) is 28.8 Å². The Labute approximate surface area is 92.9 Å². The number of aromatic hydroxyl groups is 1. The van der Waals surface area contributed by atoms with Gasteiger partial charge < -0.3 is 5.11 Å². The first-order valence-electron chi connectivity index (χ1n) is 4.95. The SMILES string of the molecule is Cc1cc(O)cc(C(C)(C)C)c1C(F)(F)F. The van der Waals surface area contributed by atoms with Crippen LogP contribution in [0.5, 0.6) is 5.75 Å². The van der Waals surface area contributed by atoms with Crippen LogP contribution in [0.2, 0.25) is 0 Å². The smallest absolute Gasteiger partial charge is 0.416 e. The Hall–Kier alpha value is -1.19. The summed E-state index contributed by atoms with van der Waals surface area (Å²) in [5, 5.41) is 9.38. The van der Waals surface area contributed by atoms with Gasteiger partial charge in [0, 0.05) is 0 Å². The van der Waals surface area contributed by atoms with E-state index in [1.54, 1.807) is 20.8 Å². The van der Waals surface area contributed by atoms with Crippen LogP contribution in [0.1, 0.15) is 37.5 Å². The van der Waals surface area contributed by atoms with Gasteiger partial charge in [0.1, 0.15) is 5.75 Å². The molecule has 16 heavy (non-hydrogen) atoms. The van der Waals surface area contributed by atoms with Gasteiger partial charge in [0.2, 0.25) is 0 Å². The molecule has 0 amide bonds. The molecule has 4 heteroatoms. The van der Waals surface area contributed by atoms with Crippen molar-refractivity contribution < 1.29 is 18.3 Å². The van der Waals surface area contributed by atoms with Gasteiger partial charge in [-0.05, 0) is 35.6 Å². The zero-order valence-corrected chi connectivity index (χ0v) is 9.74. The number of phenols is 1. The van der Waals surface area contributed by atoms with Crippen LogP contribution in [0, 0.1) is 6.92 Å². The molecule has 0 bridgehead atoms. The molecular formula is C12H15F3O. The van der Waals surface area contributed by atoms with Crippen molar-refractivity contribution in [2.24, 2.45) is 0 Å². The molecule has 90 valence electrons. The Morgan fingerprint density at radius 1 is 1.06 bits per heavy atom.